The highest BCUT2D eigenvalue weighted by atomic mass is 16.5. The molecular weight excluding hydrogens is 560 g/mol. The van der Waals surface area contributed by atoms with Gasteiger partial charge in [0.05, 0.1) is 18.8 Å². The van der Waals surface area contributed by atoms with Crippen molar-refractivity contribution >= 4 is 46.3 Å². The van der Waals surface area contributed by atoms with E-state index in [-0.39, 0.29) is 31.4 Å². The average molecular weight is 605 g/mol. The molecule has 0 saturated heterocycles. The standard InChI is InChI=1S/C34H44N4O6/c1-5-6-7-8-9-10-11-16-31(40)43-23-38-32-27(36-22-34(3,42)33(38)41)19-25(20-35-32)17-18-30(39)37(4)21-29-24(2)26-14-12-13-15-28(26)44-29/h12-15,17-20,36,42H,5-11,16,21-23H2,1-4H3/b18-17+. The van der Waals surface area contributed by atoms with Crippen molar-refractivity contribution in [2.24, 2.45) is 0 Å². The quantitative estimate of drug-likeness (QED) is 0.131. The summed E-state index contributed by atoms with van der Waals surface area (Å²) in [5.74, 6) is -0.283. The highest BCUT2D eigenvalue weighted by molar-refractivity contribution is 6.02. The van der Waals surface area contributed by atoms with Gasteiger partial charge in [-0.25, -0.2) is 4.98 Å². The molecule has 4 rings (SSSR count). The molecule has 1 atom stereocenters. The molecule has 2 aromatic heterocycles. The van der Waals surface area contributed by atoms with Crippen LogP contribution in [0.2, 0.25) is 0 Å². The summed E-state index contributed by atoms with van der Waals surface area (Å²) < 4.78 is 11.4. The van der Waals surface area contributed by atoms with Crippen molar-refractivity contribution in [3.8, 4) is 0 Å². The van der Waals surface area contributed by atoms with Crippen LogP contribution < -0.4 is 10.2 Å². The van der Waals surface area contributed by atoms with Crippen molar-refractivity contribution in [3.63, 3.8) is 0 Å². The van der Waals surface area contributed by atoms with Gasteiger partial charge < -0.3 is 24.5 Å². The molecule has 0 radical (unpaired) electrons. The zero-order valence-electron chi connectivity index (χ0n) is 26.2. The minimum atomic E-state index is -1.74. The highest BCUT2D eigenvalue weighted by Crippen LogP contribution is 2.31. The maximum atomic E-state index is 13.2. The zero-order valence-corrected chi connectivity index (χ0v) is 26.2. The number of hydrogen-bond acceptors (Lipinski definition) is 8. The smallest absolute Gasteiger partial charge is 0.307 e. The van der Waals surface area contributed by atoms with Gasteiger partial charge in [-0.2, -0.15) is 0 Å². The van der Waals surface area contributed by atoms with Crippen molar-refractivity contribution in [3.05, 3.63) is 59.5 Å². The number of amides is 2. The summed E-state index contributed by atoms with van der Waals surface area (Å²) in [5, 5.41) is 14.9. The lowest BCUT2D eigenvalue weighted by Gasteiger charge is -2.26. The number of benzene rings is 1. The fourth-order valence-electron chi connectivity index (χ4n) is 5.16. The first-order chi connectivity index (χ1) is 21.1. The summed E-state index contributed by atoms with van der Waals surface area (Å²) >= 11 is 0. The second-order valence-electron chi connectivity index (χ2n) is 11.7. The summed E-state index contributed by atoms with van der Waals surface area (Å²) in [7, 11) is 1.70. The molecule has 1 aliphatic rings. The molecular formula is C34H44N4O6. The van der Waals surface area contributed by atoms with Gasteiger partial charge >= 0.3 is 5.97 Å². The van der Waals surface area contributed by atoms with E-state index in [9.17, 15) is 19.5 Å². The number of carbonyl (C=O) groups is 3. The van der Waals surface area contributed by atoms with E-state index < -0.39 is 17.5 Å². The van der Waals surface area contributed by atoms with Gasteiger partial charge in [0.15, 0.2) is 18.1 Å². The second-order valence-corrected chi connectivity index (χ2v) is 11.7. The molecule has 10 nitrogen and oxygen atoms in total. The Bertz CT molecular complexity index is 1490. The number of hydrogen-bond donors (Lipinski definition) is 2. The van der Waals surface area contributed by atoms with Crippen LogP contribution in [0.4, 0.5) is 11.5 Å². The largest absolute Gasteiger partial charge is 0.459 e. The lowest BCUT2D eigenvalue weighted by Crippen LogP contribution is -2.50. The molecule has 2 N–H and O–H groups in total. The number of nitrogens with one attached hydrogen (secondary N) is 1. The van der Waals surface area contributed by atoms with Crippen LogP contribution in [-0.4, -0.2) is 58.7 Å². The van der Waals surface area contributed by atoms with Crippen molar-refractivity contribution in [1.29, 1.82) is 0 Å². The Morgan fingerprint density at radius 3 is 2.66 bits per heavy atom. The molecule has 10 heteroatoms. The lowest BCUT2D eigenvalue weighted by atomic mass is 10.1. The topological polar surface area (TPSA) is 125 Å². The Hall–Kier alpha value is -4.18. The van der Waals surface area contributed by atoms with E-state index in [1.807, 2.05) is 31.2 Å². The Labute approximate surface area is 259 Å². The van der Waals surface area contributed by atoms with Crippen LogP contribution in [0.3, 0.4) is 0 Å². The molecule has 0 spiro atoms. The van der Waals surface area contributed by atoms with Gasteiger partial charge in [-0.05, 0) is 44.0 Å². The van der Waals surface area contributed by atoms with E-state index in [0.717, 1.165) is 41.6 Å². The van der Waals surface area contributed by atoms with E-state index in [0.29, 0.717) is 17.8 Å². The van der Waals surface area contributed by atoms with Crippen LogP contribution in [0.5, 0.6) is 0 Å². The number of aromatic nitrogens is 1. The molecule has 3 aromatic rings. The minimum Gasteiger partial charge on any atom is -0.459 e. The number of pyridine rings is 1. The molecule has 1 unspecified atom stereocenters. The van der Waals surface area contributed by atoms with Gasteiger partial charge in [0.2, 0.25) is 5.91 Å². The maximum absolute atomic E-state index is 13.2. The first-order valence-electron chi connectivity index (χ1n) is 15.4. The number of furan rings is 1. The number of β-amino-alcohol motifs (C(OH)–C–C–N with tert-alkyl or cyclic N) is 1. The molecule has 44 heavy (non-hydrogen) atoms. The SMILES string of the molecule is CCCCCCCCCC(=O)OCN1C(=O)C(C)(O)CNc2cc(/C=C/C(=O)N(C)Cc3oc4ccccc4c3C)cnc21. The zero-order chi connectivity index (χ0) is 31.7. The van der Waals surface area contributed by atoms with Gasteiger partial charge in [0.1, 0.15) is 11.3 Å². The molecule has 0 saturated carbocycles. The van der Waals surface area contributed by atoms with Crippen molar-refractivity contribution < 1.29 is 28.6 Å². The normalized spacial score (nSPS) is 16.6. The van der Waals surface area contributed by atoms with Crippen molar-refractivity contribution in [1.82, 2.24) is 9.88 Å². The number of para-hydroxylation sites is 1. The summed E-state index contributed by atoms with van der Waals surface area (Å²) in [6.45, 7) is 5.46. The van der Waals surface area contributed by atoms with Crippen LogP contribution in [-0.2, 0) is 25.7 Å². The number of unbranched alkanes of at least 4 members (excludes halogenated alkanes) is 6. The third-order valence-electron chi connectivity index (χ3n) is 7.93. The van der Waals surface area contributed by atoms with E-state index in [1.54, 1.807) is 24.1 Å². The average Bonchev–Trinajstić information content (AvgIpc) is 3.28. The lowest BCUT2D eigenvalue weighted by molar-refractivity contribution is -0.145. The maximum Gasteiger partial charge on any atom is 0.307 e. The number of rotatable bonds is 14. The molecule has 0 fully saturated rings. The molecule has 0 aliphatic carbocycles. The number of aliphatic hydroxyl groups is 1. The number of ether oxygens (including phenoxy) is 1. The van der Waals surface area contributed by atoms with Crippen LogP contribution in [0.25, 0.3) is 17.0 Å². The third kappa shape index (κ3) is 8.25. The second kappa shape index (κ2) is 15.0. The van der Waals surface area contributed by atoms with Crippen molar-refractivity contribution in [2.45, 2.75) is 84.3 Å². The molecule has 2 amide bonds. The first kappa shape index (κ1) is 32.7. The predicted octanol–water partition coefficient (Wildman–Crippen LogP) is 5.96. The van der Waals surface area contributed by atoms with E-state index in [2.05, 4.69) is 17.2 Å². The molecule has 0 bridgehead atoms. The Morgan fingerprint density at radius 2 is 1.91 bits per heavy atom. The van der Waals surface area contributed by atoms with Gasteiger partial charge in [0.25, 0.3) is 5.91 Å². The number of nitrogens with zero attached hydrogens (tertiary/aromatic N) is 3. The van der Waals surface area contributed by atoms with Gasteiger partial charge in [-0.3, -0.25) is 19.3 Å². The van der Waals surface area contributed by atoms with Gasteiger partial charge in [-0.1, -0.05) is 63.6 Å². The Morgan fingerprint density at radius 1 is 1.18 bits per heavy atom. The third-order valence-corrected chi connectivity index (χ3v) is 7.93. The summed E-state index contributed by atoms with van der Waals surface area (Å²) in [6, 6.07) is 9.50. The number of likely N-dealkylation sites (N-methyl/N-ethyl adjacent to an activating group) is 1. The summed E-state index contributed by atoms with van der Waals surface area (Å²) in [5.41, 5.74) is 1.13. The van der Waals surface area contributed by atoms with E-state index in [4.69, 9.17) is 9.15 Å². The summed E-state index contributed by atoms with van der Waals surface area (Å²) in [6.07, 6.45) is 12.5. The minimum absolute atomic E-state index is 0.0608. The van der Waals surface area contributed by atoms with E-state index in [1.165, 1.54) is 49.8 Å². The Balaban J connectivity index is 1.38. The predicted molar refractivity (Wildman–Crippen MR) is 171 cm³/mol. The molecule has 3 heterocycles. The number of carbonyl (C=O) groups excluding carboxylic acids is 3. The fraction of sp³-hybridized carbons (Fsp3) is 0.471. The van der Waals surface area contributed by atoms with Crippen LogP contribution in [0, 0.1) is 6.92 Å². The van der Waals surface area contributed by atoms with Crippen LogP contribution in [0.15, 0.2) is 47.0 Å². The number of esters is 1. The van der Waals surface area contributed by atoms with Crippen LogP contribution in [0.1, 0.15) is 82.1 Å². The summed E-state index contributed by atoms with van der Waals surface area (Å²) in [4.78, 5) is 45.7. The van der Waals surface area contributed by atoms with E-state index >= 15 is 0 Å². The molecule has 1 aliphatic heterocycles. The Kier molecular flexibility index (Phi) is 11.2. The molecule has 1 aromatic carbocycles. The number of fused-ring (bicyclic) bond motifs is 2. The monoisotopic (exact) mass is 604 g/mol. The van der Waals surface area contributed by atoms with Crippen molar-refractivity contribution in [2.75, 3.05) is 30.5 Å². The number of anilines is 2. The number of aryl methyl sites for hydroxylation is 1. The van der Waals surface area contributed by atoms with Gasteiger partial charge in [-0.15, -0.1) is 0 Å². The highest BCUT2D eigenvalue weighted by Gasteiger charge is 2.39. The van der Waals surface area contributed by atoms with Gasteiger partial charge in [0, 0.05) is 36.7 Å². The first-order valence-corrected chi connectivity index (χ1v) is 15.4. The molecule has 236 valence electrons. The van der Waals surface area contributed by atoms with Crippen LogP contribution >= 0.6 is 0 Å². The fourth-order valence-corrected chi connectivity index (χ4v) is 5.16.